The fraction of sp³-hybridized carbons (Fsp3) is 0.529. The summed E-state index contributed by atoms with van der Waals surface area (Å²) < 4.78 is 26.8. The highest BCUT2D eigenvalue weighted by atomic mass is 35.5. The van der Waals surface area contributed by atoms with Crippen LogP contribution in [0, 0.1) is 5.92 Å². The first-order chi connectivity index (χ1) is 11.5. The van der Waals surface area contributed by atoms with Crippen molar-refractivity contribution in [1.29, 1.82) is 0 Å². The molecule has 1 aromatic rings. The van der Waals surface area contributed by atoms with Gasteiger partial charge in [-0.25, -0.2) is 8.42 Å². The van der Waals surface area contributed by atoms with E-state index in [0.717, 1.165) is 0 Å². The molecule has 1 unspecified atom stereocenters. The lowest BCUT2D eigenvalue weighted by atomic mass is 10.0. The summed E-state index contributed by atoms with van der Waals surface area (Å²) in [6.07, 6.45) is 0.504. The lowest BCUT2D eigenvalue weighted by Crippen LogP contribution is -2.47. The molecule has 0 saturated heterocycles. The number of nitrogens with one attached hydrogen (secondary N) is 2. The van der Waals surface area contributed by atoms with Crippen molar-refractivity contribution in [3.05, 3.63) is 29.8 Å². The van der Waals surface area contributed by atoms with Gasteiger partial charge in [0, 0.05) is 17.6 Å². The van der Waals surface area contributed by atoms with Crippen LogP contribution >= 0.6 is 12.4 Å². The molecule has 146 valence electrons. The van der Waals surface area contributed by atoms with Gasteiger partial charge in [-0.1, -0.05) is 26.0 Å². The highest BCUT2D eigenvalue weighted by Crippen LogP contribution is 2.23. The zero-order valence-electron chi connectivity index (χ0n) is 15.4. The van der Waals surface area contributed by atoms with Crippen LogP contribution in [-0.4, -0.2) is 38.3 Å². The van der Waals surface area contributed by atoms with Gasteiger partial charge in [0.2, 0.25) is 5.91 Å². The van der Waals surface area contributed by atoms with E-state index in [1.54, 1.807) is 18.2 Å². The summed E-state index contributed by atoms with van der Waals surface area (Å²) in [5, 5.41) is 2.80. The van der Waals surface area contributed by atoms with E-state index < -0.39 is 21.6 Å². The Kier molecular flexibility index (Phi) is 7.21. The van der Waals surface area contributed by atoms with Crippen molar-refractivity contribution in [2.75, 3.05) is 6.54 Å². The number of fused-ring (bicyclic) bond motifs is 1. The third-order valence-electron chi connectivity index (χ3n) is 3.66. The highest BCUT2D eigenvalue weighted by Gasteiger charge is 2.32. The van der Waals surface area contributed by atoms with Crippen LogP contribution in [0.5, 0.6) is 0 Å². The number of rotatable bonds is 6. The molecule has 0 aliphatic carbocycles. The van der Waals surface area contributed by atoms with Crippen molar-refractivity contribution < 1.29 is 13.2 Å². The minimum Gasteiger partial charge on any atom is -0.352 e. The normalized spacial score (nSPS) is 18.0. The average Bonchev–Trinajstić information content (AvgIpc) is 2.74. The van der Waals surface area contributed by atoms with Gasteiger partial charge in [0.1, 0.15) is 11.9 Å². The van der Waals surface area contributed by atoms with Gasteiger partial charge >= 0.3 is 0 Å². The van der Waals surface area contributed by atoms with Gasteiger partial charge in [-0.2, -0.15) is 0 Å². The van der Waals surface area contributed by atoms with Crippen molar-refractivity contribution in [3.63, 3.8) is 0 Å². The molecule has 1 atom stereocenters. The summed E-state index contributed by atoms with van der Waals surface area (Å²) in [5.74, 6) is 0.172. The summed E-state index contributed by atoms with van der Waals surface area (Å²) in [6.45, 7) is 7.92. The molecule has 0 aromatic heterocycles. The summed E-state index contributed by atoms with van der Waals surface area (Å²) in [7, 11) is -3.62. The lowest BCUT2D eigenvalue weighted by molar-refractivity contribution is -0.122. The van der Waals surface area contributed by atoms with Gasteiger partial charge in [0.05, 0.1) is 4.90 Å². The Bertz CT molecular complexity index is 785. The second-order valence-electron chi connectivity index (χ2n) is 7.43. The second kappa shape index (κ2) is 8.37. The summed E-state index contributed by atoms with van der Waals surface area (Å²) in [5.41, 5.74) is 5.86. The van der Waals surface area contributed by atoms with E-state index >= 15 is 0 Å². The number of aliphatic imine (C=N–C) groups is 1. The smallest absolute Gasteiger partial charge is 0.263 e. The van der Waals surface area contributed by atoms with Crippen molar-refractivity contribution in [2.45, 2.75) is 50.6 Å². The molecule has 1 aliphatic rings. The van der Waals surface area contributed by atoms with Gasteiger partial charge < -0.3 is 11.1 Å². The van der Waals surface area contributed by atoms with Crippen molar-refractivity contribution >= 4 is 34.2 Å². The molecule has 1 heterocycles. The maximum atomic E-state index is 12.5. The molecule has 0 spiro atoms. The Morgan fingerprint density at radius 1 is 1.31 bits per heavy atom. The zero-order valence-corrected chi connectivity index (χ0v) is 17.1. The summed E-state index contributed by atoms with van der Waals surface area (Å²) in [4.78, 5) is 17.1. The molecule has 2 rings (SSSR count). The van der Waals surface area contributed by atoms with E-state index in [9.17, 15) is 13.2 Å². The number of carbonyl (C=O) groups excluding carboxylic acids is 1. The predicted octanol–water partition coefficient (Wildman–Crippen LogP) is 1.42. The van der Waals surface area contributed by atoms with Crippen LogP contribution in [0.25, 0.3) is 0 Å². The highest BCUT2D eigenvalue weighted by molar-refractivity contribution is 7.90. The maximum Gasteiger partial charge on any atom is 0.263 e. The minimum atomic E-state index is -3.62. The third kappa shape index (κ3) is 5.69. The zero-order chi connectivity index (χ0) is 18.8. The van der Waals surface area contributed by atoms with Crippen LogP contribution in [-0.2, 0) is 14.8 Å². The van der Waals surface area contributed by atoms with Gasteiger partial charge in [-0.3, -0.25) is 14.5 Å². The van der Waals surface area contributed by atoms with Crippen LogP contribution in [0.2, 0.25) is 0 Å². The third-order valence-corrected chi connectivity index (χ3v) is 5.06. The molecule has 1 aromatic carbocycles. The number of carbonyl (C=O) groups is 1. The number of hydrogen-bond donors (Lipinski definition) is 3. The number of nitrogens with zero attached hydrogens (tertiary/aromatic N) is 1. The number of halogens is 1. The number of amides is 1. The van der Waals surface area contributed by atoms with E-state index in [0.29, 0.717) is 18.5 Å². The fourth-order valence-corrected chi connectivity index (χ4v) is 3.72. The quantitative estimate of drug-likeness (QED) is 0.667. The molecule has 26 heavy (non-hydrogen) atoms. The predicted molar refractivity (Wildman–Crippen MR) is 105 cm³/mol. The molecule has 1 aliphatic heterocycles. The van der Waals surface area contributed by atoms with Crippen LogP contribution in [0.3, 0.4) is 0 Å². The van der Waals surface area contributed by atoms with Crippen molar-refractivity contribution in [2.24, 2.45) is 16.6 Å². The summed E-state index contributed by atoms with van der Waals surface area (Å²) in [6, 6.07) is 5.91. The Morgan fingerprint density at radius 3 is 2.50 bits per heavy atom. The first-order valence-corrected chi connectivity index (χ1v) is 9.74. The van der Waals surface area contributed by atoms with Gasteiger partial charge in [-0.15, -0.1) is 12.4 Å². The van der Waals surface area contributed by atoms with Crippen molar-refractivity contribution in [1.82, 2.24) is 10.0 Å². The fourth-order valence-electron chi connectivity index (χ4n) is 2.48. The standard InChI is InChI=1S/C17H26N4O3S.ClH/c1-11(2)9-13(16(22)19-10-17(3,4)18)20-15-12-7-5-6-8-14(12)25(23,24)21-15;/h5-8,11,13H,9-10,18H2,1-4H3,(H,19,22)(H,20,21);1H. The maximum absolute atomic E-state index is 12.5. The van der Waals surface area contributed by atoms with Gasteiger partial charge in [-0.05, 0) is 38.3 Å². The Morgan fingerprint density at radius 2 is 1.92 bits per heavy atom. The topological polar surface area (TPSA) is 114 Å². The average molecular weight is 403 g/mol. The molecule has 1 amide bonds. The molecule has 4 N–H and O–H groups in total. The molecular formula is C17H27ClN4O3S. The lowest BCUT2D eigenvalue weighted by Gasteiger charge is -2.21. The van der Waals surface area contributed by atoms with E-state index in [1.807, 2.05) is 27.7 Å². The monoisotopic (exact) mass is 402 g/mol. The van der Waals surface area contributed by atoms with E-state index in [2.05, 4.69) is 15.0 Å². The molecular weight excluding hydrogens is 376 g/mol. The first-order valence-electron chi connectivity index (χ1n) is 8.26. The van der Waals surface area contributed by atoms with E-state index in [4.69, 9.17) is 5.73 Å². The van der Waals surface area contributed by atoms with E-state index in [1.165, 1.54) is 6.07 Å². The summed E-state index contributed by atoms with van der Waals surface area (Å²) >= 11 is 0. The molecule has 0 saturated carbocycles. The largest absolute Gasteiger partial charge is 0.352 e. The van der Waals surface area contributed by atoms with Gasteiger partial charge in [0.25, 0.3) is 10.0 Å². The Hall–Kier alpha value is -1.64. The molecule has 7 nitrogen and oxygen atoms in total. The molecule has 9 heteroatoms. The van der Waals surface area contributed by atoms with Crippen molar-refractivity contribution in [3.8, 4) is 0 Å². The number of hydrogen-bond acceptors (Lipinski definition) is 5. The second-order valence-corrected chi connectivity index (χ2v) is 9.08. The Balaban J connectivity index is 0.00000338. The first kappa shape index (κ1) is 22.4. The minimum absolute atomic E-state index is 0. The number of sulfonamides is 1. The van der Waals surface area contributed by atoms with Gasteiger partial charge in [0.15, 0.2) is 0 Å². The van der Waals surface area contributed by atoms with E-state index in [-0.39, 0.29) is 35.0 Å². The molecule has 0 radical (unpaired) electrons. The van der Waals surface area contributed by atoms with Crippen LogP contribution in [0.1, 0.15) is 39.7 Å². The number of benzene rings is 1. The molecule has 0 fully saturated rings. The Labute approximate surface area is 161 Å². The number of amidine groups is 1. The molecule has 0 bridgehead atoms. The van der Waals surface area contributed by atoms with Crippen LogP contribution < -0.4 is 15.8 Å². The number of nitrogens with two attached hydrogens (primary N) is 1. The van der Waals surface area contributed by atoms with Crippen LogP contribution in [0.4, 0.5) is 0 Å². The SMILES string of the molecule is CC(C)CC(N=C1NS(=O)(=O)c2ccccc21)C(=O)NCC(C)(C)N.Cl. The van der Waals surface area contributed by atoms with Crippen LogP contribution in [0.15, 0.2) is 34.2 Å².